The molecule has 156 valence electrons. The zero-order chi connectivity index (χ0) is 21.6. The average Bonchev–Trinajstić information content (AvgIpc) is 3.45. The molecule has 3 heterocycles. The molecule has 0 unspecified atom stereocenters. The van der Waals surface area contributed by atoms with E-state index < -0.39 is 0 Å². The molecule has 0 bridgehead atoms. The second-order valence-corrected chi connectivity index (χ2v) is 7.84. The Morgan fingerprint density at radius 1 is 1.26 bits per heavy atom. The Hall–Kier alpha value is -3.42. The fraction of sp³-hybridized carbons (Fsp3) is 0.0870. The van der Waals surface area contributed by atoms with Crippen molar-refractivity contribution in [3.8, 4) is 11.3 Å². The van der Waals surface area contributed by atoms with E-state index in [0.29, 0.717) is 23.8 Å². The summed E-state index contributed by atoms with van der Waals surface area (Å²) in [5.41, 5.74) is 4.08. The SMILES string of the molecule is C=Cc1cnn2c(NCCNC(=O)/C=C/c3ccsc3)cc(-c3ccccc3Cl)nc12. The van der Waals surface area contributed by atoms with E-state index in [2.05, 4.69) is 22.3 Å². The van der Waals surface area contributed by atoms with Gasteiger partial charge in [-0.25, -0.2) is 4.98 Å². The maximum atomic E-state index is 12.0. The molecule has 31 heavy (non-hydrogen) atoms. The van der Waals surface area contributed by atoms with Crippen molar-refractivity contribution < 1.29 is 4.79 Å². The maximum Gasteiger partial charge on any atom is 0.244 e. The van der Waals surface area contributed by atoms with Crippen LogP contribution in [-0.2, 0) is 4.79 Å². The van der Waals surface area contributed by atoms with E-state index in [4.69, 9.17) is 16.6 Å². The summed E-state index contributed by atoms with van der Waals surface area (Å²) in [5, 5.41) is 15.2. The van der Waals surface area contributed by atoms with Crippen molar-refractivity contribution in [1.82, 2.24) is 19.9 Å². The molecule has 4 aromatic rings. The Morgan fingerprint density at radius 3 is 2.90 bits per heavy atom. The largest absolute Gasteiger partial charge is 0.368 e. The van der Waals surface area contributed by atoms with E-state index in [1.807, 2.05) is 47.2 Å². The summed E-state index contributed by atoms with van der Waals surface area (Å²) < 4.78 is 1.72. The third-order valence-corrected chi connectivity index (χ3v) is 5.60. The molecule has 0 saturated heterocycles. The Morgan fingerprint density at radius 2 is 2.13 bits per heavy atom. The van der Waals surface area contributed by atoms with Gasteiger partial charge in [0.25, 0.3) is 0 Å². The van der Waals surface area contributed by atoms with Crippen LogP contribution in [0.3, 0.4) is 0 Å². The van der Waals surface area contributed by atoms with Crippen LogP contribution in [0.1, 0.15) is 11.1 Å². The highest BCUT2D eigenvalue weighted by Crippen LogP contribution is 2.29. The van der Waals surface area contributed by atoms with Crippen LogP contribution in [0, 0.1) is 0 Å². The number of aromatic nitrogens is 3. The molecule has 8 heteroatoms. The molecule has 4 rings (SSSR count). The summed E-state index contributed by atoms with van der Waals surface area (Å²) in [6, 6.07) is 11.4. The Labute approximate surface area is 188 Å². The van der Waals surface area contributed by atoms with E-state index >= 15 is 0 Å². The molecule has 3 aromatic heterocycles. The lowest BCUT2D eigenvalue weighted by molar-refractivity contribution is -0.116. The van der Waals surface area contributed by atoms with Crippen molar-refractivity contribution in [1.29, 1.82) is 0 Å². The number of nitrogens with zero attached hydrogens (tertiary/aromatic N) is 3. The number of fused-ring (bicyclic) bond motifs is 1. The van der Waals surface area contributed by atoms with Gasteiger partial charge in [-0.05, 0) is 34.5 Å². The number of hydrogen-bond donors (Lipinski definition) is 2. The number of carbonyl (C=O) groups excluding carboxylic acids is 1. The van der Waals surface area contributed by atoms with Crippen LogP contribution in [0.2, 0.25) is 5.02 Å². The van der Waals surface area contributed by atoms with Gasteiger partial charge < -0.3 is 10.6 Å². The third-order valence-electron chi connectivity index (χ3n) is 4.57. The number of halogens is 1. The van der Waals surface area contributed by atoms with Gasteiger partial charge in [0.1, 0.15) is 5.82 Å². The number of nitrogens with one attached hydrogen (secondary N) is 2. The lowest BCUT2D eigenvalue weighted by atomic mass is 10.1. The minimum absolute atomic E-state index is 0.141. The number of anilines is 1. The number of benzene rings is 1. The van der Waals surface area contributed by atoms with Gasteiger partial charge in [0.05, 0.1) is 11.9 Å². The summed E-state index contributed by atoms with van der Waals surface area (Å²) in [7, 11) is 0. The molecule has 0 atom stereocenters. The molecular formula is C23H20ClN5OS. The van der Waals surface area contributed by atoms with Crippen molar-refractivity contribution in [3.63, 3.8) is 0 Å². The zero-order valence-corrected chi connectivity index (χ0v) is 18.2. The van der Waals surface area contributed by atoms with Gasteiger partial charge in [0.15, 0.2) is 5.65 Å². The molecule has 0 spiro atoms. The molecule has 1 aromatic carbocycles. The van der Waals surface area contributed by atoms with E-state index in [0.717, 1.165) is 28.2 Å². The number of carbonyl (C=O) groups is 1. The minimum atomic E-state index is -0.141. The Kier molecular flexibility index (Phi) is 6.45. The summed E-state index contributed by atoms with van der Waals surface area (Å²) in [5.74, 6) is 0.605. The van der Waals surface area contributed by atoms with E-state index in [-0.39, 0.29) is 5.91 Å². The van der Waals surface area contributed by atoms with Crippen molar-refractivity contribution in [2.75, 3.05) is 18.4 Å². The molecule has 6 nitrogen and oxygen atoms in total. The lowest BCUT2D eigenvalue weighted by Crippen LogP contribution is -2.27. The van der Waals surface area contributed by atoms with E-state index in [1.165, 1.54) is 6.08 Å². The Bertz CT molecular complexity index is 1250. The van der Waals surface area contributed by atoms with Crippen LogP contribution >= 0.6 is 22.9 Å². The zero-order valence-electron chi connectivity index (χ0n) is 16.6. The van der Waals surface area contributed by atoms with Crippen LogP contribution in [-0.4, -0.2) is 33.6 Å². The standard InChI is InChI=1S/C23H20ClN5OS/c1-2-17-14-27-29-21(13-20(28-23(17)29)18-5-3-4-6-19(18)24)25-10-11-26-22(30)8-7-16-9-12-31-15-16/h2-9,12-15,25H,1,10-11H2,(H,26,30)/b8-7+. The van der Waals surface area contributed by atoms with E-state index in [1.54, 1.807) is 34.2 Å². The molecular weight excluding hydrogens is 430 g/mol. The minimum Gasteiger partial charge on any atom is -0.368 e. The van der Waals surface area contributed by atoms with Gasteiger partial charge in [0, 0.05) is 41.4 Å². The summed E-state index contributed by atoms with van der Waals surface area (Å²) in [6.45, 7) is 4.81. The predicted molar refractivity (Wildman–Crippen MR) is 128 cm³/mol. The number of thiophene rings is 1. The van der Waals surface area contributed by atoms with Gasteiger partial charge in [-0.15, -0.1) is 0 Å². The quantitative estimate of drug-likeness (QED) is 0.293. The summed E-state index contributed by atoms with van der Waals surface area (Å²) in [6.07, 6.45) is 6.76. The highest BCUT2D eigenvalue weighted by molar-refractivity contribution is 7.08. The van der Waals surface area contributed by atoms with Crippen LogP contribution in [0.5, 0.6) is 0 Å². The fourth-order valence-electron chi connectivity index (χ4n) is 3.03. The molecule has 0 fully saturated rings. The van der Waals surface area contributed by atoms with Crippen molar-refractivity contribution in [2.24, 2.45) is 0 Å². The Balaban J connectivity index is 1.49. The molecule has 0 radical (unpaired) electrons. The van der Waals surface area contributed by atoms with Gasteiger partial charge in [-0.1, -0.05) is 42.5 Å². The number of rotatable bonds is 8. The summed E-state index contributed by atoms with van der Waals surface area (Å²) >= 11 is 7.98. The van der Waals surface area contributed by atoms with Crippen molar-refractivity contribution in [3.05, 3.63) is 82.2 Å². The first-order valence-corrected chi connectivity index (χ1v) is 11.0. The van der Waals surface area contributed by atoms with Crippen LogP contribution < -0.4 is 10.6 Å². The van der Waals surface area contributed by atoms with Crippen LogP contribution in [0.15, 0.2) is 66.0 Å². The van der Waals surface area contributed by atoms with Crippen molar-refractivity contribution in [2.45, 2.75) is 0 Å². The second kappa shape index (κ2) is 9.59. The summed E-state index contributed by atoms with van der Waals surface area (Å²) in [4.78, 5) is 16.7. The number of amides is 1. The molecule has 0 saturated carbocycles. The smallest absolute Gasteiger partial charge is 0.244 e. The fourth-order valence-corrected chi connectivity index (χ4v) is 3.89. The second-order valence-electron chi connectivity index (χ2n) is 6.65. The third kappa shape index (κ3) is 4.84. The molecule has 2 N–H and O–H groups in total. The van der Waals surface area contributed by atoms with E-state index in [9.17, 15) is 4.79 Å². The average molecular weight is 450 g/mol. The first-order valence-electron chi connectivity index (χ1n) is 9.64. The molecule has 1 amide bonds. The monoisotopic (exact) mass is 449 g/mol. The normalized spacial score (nSPS) is 11.1. The van der Waals surface area contributed by atoms with Gasteiger partial charge in [-0.2, -0.15) is 21.0 Å². The van der Waals surface area contributed by atoms with Gasteiger partial charge in [0.2, 0.25) is 5.91 Å². The molecule has 0 aliphatic heterocycles. The van der Waals surface area contributed by atoms with Crippen molar-refractivity contribution >= 4 is 52.5 Å². The topological polar surface area (TPSA) is 71.3 Å². The number of hydrogen-bond acceptors (Lipinski definition) is 5. The molecule has 0 aliphatic carbocycles. The van der Waals surface area contributed by atoms with Gasteiger partial charge in [-0.3, -0.25) is 4.79 Å². The predicted octanol–water partition coefficient (Wildman–Crippen LogP) is 5.00. The van der Waals surface area contributed by atoms with Crippen LogP contribution in [0.4, 0.5) is 5.82 Å². The first-order chi connectivity index (χ1) is 15.2. The highest BCUT2D eigenvalue weighted by Gasteiger charge is 2.13. The lowest BCUT2D eigenvalue weighted by Gasteiger charge is -2.12. The van der Waals surface area contributed by atoms with Crippen LogP contribution in [0.25, 0.3) is 29.1 Å². The highest BCUT2D eigenvalue weighted by atomic mass is 35.5. The van der Waals surface area contributed by atoms with Gasteiger partial charge >= 0.3 is 0 Å². The maximum absolute atomic E-state index is 12.0. The molecule has 0 aliphatic rings. The first kappa shape index (κ1) is 20.8.